The minimum Gasteiger partial charge on any atom is -0.359 e. The smallest absolute Gasteiger partial charge is 0.253 e. The quantitative estimate of drug-likeness (QED) is 0.397. The molecule has 0 radical (unpaired) electrons. The van der Waals surface area contributed by atoms with Crippen molar-refractivity contribution in [2.45, 2.75) is 6.42 Å². The molecule has 0 aliphatic rings. The van der Waals surface area contributed by atoms with Gasteiger partial charge in [0.25, 0.3) is 5.91 Å². The van der Waals surface area contributed by atoms with Crippen molar-refractivity contribution in [3.63, 3.8) is 0 Å². The first-order chi connectivity index (χ1) is 8.19. The maximum absolute atomic E-state index is 11.7. The van der Waals surface area contributed by atoms with Gasteiger partial charge < -0.3 is 16.1 Å². The second-order valence-electron chi connectivity index (χ2n) is 3.24. The van der Waals surface area contributed by atoms with Gasteiger partial charge in [0, 0.05) is 26.2 Å². The lowest BCUT2D eigenvalue weighted by molar-refractivity contribution is -0.120. The largest absolute Gasteiger partial charge is 0.359 e. The van der Waals surface area contributed by atoms with Crippen LogP contribution in [0.3, 0.4) is 0 Å². The monoisotopic (exact) mass is 237 g/mol. The normalized spacial score (nSPS) is 9.53. The zero-order valence-electron chi connectivity index (χ0n) is 9.49. The lowest BCUT2D eigenvalue weighted by Crippen LogP contribution is -2.30. The van der Waals surface area contributed by atoms with Crippen LogP contribution in [0.15, 0.2) is 18.5 Å². The van der Waals surface area contributed by atoms with E-state index in [0.29, 0.717) is 11.3 Å². The van der Waals surface area contributed by atoms with Crippen LogP contribution >= 0.6 is 0 Å². The lowest BCUT2D eigenvalue weighted by Gasteiger charge is -2.08. The predicted octanol–water partition coefficient (Wildman–Crippen LogP) is -0.767. The molecule has 0 aromatic carbocycles. The Kier molecular flexibility index (Phi) is 4.89. The van der Waals surface area contributed by atoms with Gasteiger partial charge in [-0.15, -0.1) is 0 Å². The van der Waals surface area contributed by atoms with Crippen molar-refractivity contribution in [1.82, 2.24) is 15.6 Å². The highest BCUT2D eigenvalue weighted by Crippen LogP contribution is 2.10. The summed E-state index contributed by atoms with van der Waals surface area (Å²) < 4.78 is 0. The number of rotatable bonds is 5. The van der Waals surface area contributed by atoms with E-state index in [9.17, 15) is 9.59 Å². The van der Waals surface area contributed by atoms with E-state index < -0.39 is 0 Å². The molecule has 0 aliphatic heterocycles. The topological polar surface area (TPSA) is 109 Å². The van der Waals surface area contributed by atoms with Crippen LogP contribution in [0.5, 0.6) is 0 Å². The molecule has 7 heteroatoms. The van der Waals surface area contributed by atoms with Crippen LogP contribution in [0.2, 0.25) is 0 Å². The van der Waals surface area contributed by atoms with Crippen LogP contribution < -0.4 is 21.9 Å². The molecule has 0 aliphatic carbocycles. The Bertz CT molecular complexity index is 407. The van der Waals surface area contributed by atoms with E-state index in [1.807, 2.05) is 0 Å². The molecule has 0 unspecified atom stereocenters. The first kappa shape index (κ1) is 12.9. The molecule has 0 saturated heterocycles. The Labute approximate surface area is 98.8 Å². The molecule has 0 atom stereocenters. The number of pyridine rings is 1. The third-order valence-corrected chi connectivity index (χ3v) is 2.14. The molecule has 7 nitrogen and oxygen atoms in total. The summed E-state index contributed by atoms with van der Waals surface area (Å²) in [5, 5.41) is 5.08. The summed E-state index contributed by atoms with van der Waals surface area (Å²) in [6.07, 6.45) is 3.18. The van der Waals surface area contributed by atoms with E-state index in [-0.39, 0.29) is 24.8 Å². The van der Waals surface area contributed by atoms with Crippen molar-refractivity contribution < 1.29 is 9.59 Å². The zero-order valence-corrected chi connectivity index (χ0v) is 9.49. The lowest BCUT2D eigenvalue weighted by atomic mass is 10.2. The zero-order chi connectivity index (χ0) is 12.7. The molecule has 17 heavy (non-hydrogen) atoms. The third kappa shape index (κ3) is 3.72. The van der Waals surface area contributed by atoms with Crippen LogP contribution in [0.25, 0.3) is 0 Å². The van der Waals surface area contributed by atoms with Crippen molar-refractivity contribution >= 4 is 17.5 Å². The first-order valence-corrected chi connectivity index (χ1v) is 5.08. The maximum atomic E-state index is 11.7. The Balaban J connectivity index is 2.55. The summed E-state index contributed by atoms with van der Waals surface area (Å²) in [6.45, 7) is 0.269. The summed E-state index contributed by atoms with van der Waals surface area (Å²) in [7, 11) is 1.55. The number of nitrogen functional groups attached to an aromatic ring is 1. The predicted molar refractivity (Wildman–Crippen MR) is 63.1 cm³/mol. The molecule has 1 aromatic heterocycles. The van der Waals surface area contributed by atoms with Crippen molar-refractivity contribution in [2.24, 2.45) is 5.84 Å². The number of hydrogen-bond donors (Lipinski definition) is 4. The van der Waals surface area contributed by atoms with Gasteiger partial charge in [-0.05, 0) is 6.07 Å². The van der Waals surface area contributed by atoms with Crippen LogP contribution in [-0.4, -0.2) is 30.4 Å². The third-order valence-electron chi connectivity index (χ3n) is 2.14. The average molecular weight is 237 g/mol. The number of amides is 2. The fraction of sp³-hybridized carbons (Fsp3) is 0.300. The van der Waals surface area contributed by atoms with E-state index in [2.05, 4.69) is 21.0 Å². The molecule has 92 valence electrons. The summed E-state index contributed by atoms with van der Waals surface area (Å²) in [5.74, 6) is 4.82. The average Bonchev–Trinajstić information content (AvgIpc) is 2.38. The van der Waals surface area contributed by atoms with Gasteiger partial charge in [0.2, 0.25) is 5.91 Å². The molecule has 0 fully saturated rings. The van der Waals surface area contributed by atoms with Gasteiger partial charge in [0.15, 0.2) is 0 Å². The molecular formula is C10H15N5O2. The summed E-state index contributed by atoms with van der Waals surface area (Å²) in [4.78, 5) is 26.5. The minimum atomic E-state index is -0.302. The number of carbonyl (C=O) groups is 2. The van der Waals surface area contributed by atoms with Crippen molar-refractivity contribution in [2.75, 3.05) is 19.0 Å². The summed E-state index contributed by atoms with van der Waals surface area (Å²) in [6, 6.07) is 1.55. The van der Waals surface area contributed by atoms with E-state index in [1.165, 1.54) is 12.4 Å². The molecule has 1 rings (SSSR count). The standard InChI is InChI=1S/C10H15N5O2/c1-12-9(16)3-5-14-10(17)7-2-4-13-6-8(7)15-11/h2,4,6,15H,3,5,11H2,1H3,(H,12,16)(H,14,17). The van der Waals surface area contributed by atoms with E-state index in [1.54, 1.807) is 13.1 Å². The molecule has 1 heterocycles. The Hall–Kier alpha value is -2.15. The van der Waals surface area contributed by atoms with Crippen molar-refractivity contribution in [3.8, 4) is 0 Å². The fourth-order valence-corrected chi connectivity index (χ4v) is 1.22. The van der Waals surface area contributed by atoms with Gasteiger partial charge in [-0.2, -0.15) is 0 Å². The second kappa shape index (κ2) is 6.44. The highest BCUT2D eigenvalue weighted by molar-refractivity contribution is 5.99. The Morgan fingerprint density at radius 1 is 1.47 bits per heavy atom. The number of nitrogens with one attached hydrogen (secondary N) is 3. The van der Waals surface area contributed by atoms with Crippen molar-refractivity contribution in [1.29, 1.82) is 0 Å². The SMILES string of the molecule is CNC(=O)CCNC(=O)c1ccncc1NN. The number of carbonyl (C=O) groups excluding carboxylic acids is 2. The van der Waals surface area contributed by atoms with Gasteiger partial charge in [-0.1, -0.05) is 0 Å². The fourth-order valence-electron chi connectivity index (χ4n) is 1.22. The number of nitrogens with zero attached hydrogens (tertiary/aromatic N) is 1. The minimum absolute atomic E-state index is 0.128. The Morgan fingerprint density at radius 2 is 2.24 bits per heavy atom. The second-order valence-corrected chi connectivity index (χ2v) is 3.24. The van der Waals surface area contributed by atoms with Gasteiger partial charge in [0.1, 0.15) is 0 Å². The maximum Gasteiger partial charge on any atom is 0.253 e. The summed E-state index contributed by atoms with van der Waals surface area (Å²) in [5.41, 5.74) is 3.21. The first-order valence-electron chi connectivity index (χ1n) is 5.08. The number of hydrazine groups is 1. The van der Waals surface area contributed by atoms with Crippen LogP contribution in [0, 0.1) is 0 Å². The van der Waals surface area contributed by atoms with Crippen LogP contribution in [-0.2, 0) is 4.79 Å². The molecule has 2 amide bonds. The van der Waals surface area contributed by atoms with Crippen LogP contribution in [0.1, 0.15) is 16.8 Å². The molecular weight excluding hydrogens is 222 g/mol. The van der Waals surface area contributed by atoms with Gasteiger partial charge >= 0.3 is 0 Å². The van der Waals surface area contributed by atoms with E-state index in [0.717, 1.165) is 0 Å². The molecule has 0 bridgehead atoms. The number of nitrogens with two attached hydrogens (primary N) is 1. The highest BCUT2D eigenvalue weighted by atomic mass is 16.2. The molecule has 5 N–H and O–H groups in total. The van der Waals surface area contributed by atoms with E-state index in [4.69, 9.17) is 5.84 Å². The number of anilines is 1. The van der Waals surface area contributed by atoms with Crippen molar-refractivity contribution in [3.05, 3.63) is 24.0 Å². The van der Waals surface area contributed by atoms with Gasteiger partial charge in [0.05, 0.1) is 17.4 Å². The van der Waals surface area contributed by atoms with E-state index >= 15 is 0 Å². The number of aromatic nitrogens is 1. The molecule has 0 saturated carbocycles. The Morgan fingerprint density at radius 3 is 2.88 bits per heavy atom. The number of hydrogen-bond acceptors (Lipinski definition) is 5. The van der Waals surface area contributed by atoms with Crippen LogP contribution in [0.4, 0.5) is 5.69 Å². The van der Waals surface area contributed by atoms with Gasteiger partial charge in [-0.25, -0.2) is 0 Å². The molecule has 0 spiro atoms. The van der Waals surface area contributed by atoms with Gasteiger partial charge in [-0.3, -0.25) is 20.4 Å². The highest BCUT2D eigenvalue weighted by Gasteiger charge is 2.10. The summed E-state index contributed by atoms with van der Waals surface area (Å²) >= 11 is 0. The molecule has 1 aromatic rings.